The highest BCUT2D eigenvalue weighted by Crippen LogP contribution is 2.30. The van der Waals surface area contributed by atoms with Gasteiger partial charge in [-0.25, -0.2) is 9.97 Å². The van der Waals surface area contributed by atoms with Gasteiger partial charge in [0.05, 0.1) is 0 Å². The van der Waals surface area contributed by atoms with Crippen molar-refractivity contribution in [1.82, 2.24) is 14.5 Å². The number of halogens is 6. The first-order valence-corrected chi connectivity index (χ1v) is 7.33. The van der Waals surface area contributed by atoms with E-state index in [9.17, 15) is 26.3 Å². The molecule has 0 aliphatic heterocycles. The lowest BCUT2D eigenvalue weighted by atomic mass is 10.3. The summed E-state index contributed by atoms with van der Waals surface area (Å²) in [6.07, 6.45) is -7.32. The van der Waals surface area contributed by atoms with Crippen molar-refractivity contribution in [2.45, 2.75) is 12.5 Å². The van der Waals surface area contributed by atoms with E-state index in [0.29, 0.717) is 5.69 Å². The average Bonchev–Trinajstić information content (AvgIpc) is 3.06. The topological polar surface area (TPSA) is 52.0 Å². The van der Waals surface area contributed by atoms with Crippen LogP contribution in [0.25, 0.3) is 5.82 Å². The Bertz CT molecular complexity index is 918. The van der Waals surface area contributed by atoms with Crippen LogP contribution in [0.2, 0.25) is 0 Å². The van der Waals surface area contributed by atoms with Gasteiger partial charge < -0.3 is 10.1 Å². The van der Waals surface area contributed by atoms with Crippen LogP contribution in [0.15, 0.2) is 54.9 Å². The van der Waals surface area contributed by atoms with Gasteiger partial charge in [-0.3, -0.25) is 4.57 Å². The molecule has 0 saturated carbocycles. The van der Waals surface area contributed by atoms with Crippen LogP contribution in [0.1, 0.15) is 5.82 Å². The average molecular weight is 388 g/mol. The van der Waals surface area contributed by atoms with Crippen LogP contribution in [-0.4, -0.2) is 20.9 Å². The summed E-state index contributed by atoms with van der Waals surface area (Å²) in [6.45, 7) is 0. The molecule has 0 amide bonds. The smallest absolute Gasteiger partial charge is 0.406 e. The van der Waals surface area contributed by atoms with Gasteiger partial charge in [0.2, 0.25) is 5.82 Å². The highest BCUT2D eigenvalue weighted by Gasteiger charge is 2.36. The third-order valence-electron chi connectivity index (χ3n) is 3.24. The van der Waals surface area contributed by atoms with E-state index in [2.05, 4.69) is 20.0 Å². The number of aromatic nitrogens is 3. The highest BCUT2D eigenvalue weighted by atomic mass is 19.4. The van der Waals surface area contributed by atoms with Crippen molar-refractivity contribution >= 4 is 11.5 Å². The summed E-state index contributed by atoms with van der Waals surface area (Å²) in [6, 6.07) is 9.15. The third kappa shape index (κ3) is 4.68. The second-order valence-electron chi connectivity index (χ2n) is 5.20. The van der Waals surface area contributed by atoms with Crippen LogP contribution in [0.4, 0.5) is 37.8 Å². The largest absolute Gasteiger partial charge is 0.573 e. The summed E-state index contributed by atoms with van der Waals surface area (Å²) >= 11 is 0. The first-order chi connectivity index (χ1) is 12.6. The number of hydrogen-bond acceptors (Lipinski definition) is 4. The maximum absolute atomic E-state index is 13.0. The van der Waals surface area contributed by atoms with Crippen molar-refractivity contribution in [2.75, 3.05) is 5.32 Å². The minimum absolute atomic E-state index is 0.0261. The van der Waals surface area contributed by atoms with E-state index in [4.69, 9.17) is 0 Å². The molecule has 0 fully saturated rings. The zero-order chi connectivity index (χ0) is 19.7. The summed E-state index contributed by atoms with van der Waals surface area (Å²) in [5.74, 6) is -1.36. The molecular weight excluding hydrogens is 378 g/mol. The van der Waals surface area contributed by atoms with Gasteiger partial charge in [0.25, 0.3) is 0 Å². The van der Waals surface area contributed by atoms with Crippen molar-refractivity contribution in [1.29, 1.82) is 0 Å². The number of rotatable bonds is 4. The van der Waals surface area contributed by atoms with Gasteiger partial charge in [-0.1, -0.05) is 6.07 Å². The number of imidazole rings is 1. The Balaban J connectivity index is 1.80. The van der Waals surface area contributed by atoms with E-state index >= 15 is 0 Å². The summed E-state index contributed by atoms with van der Waals surface area (Å²) in [4.78, 5) is 7.36. The molecule has 5 nitrogen and oxygen atoms in total. The van der Waals surface area contributed by atoms with Crippen molar-refractivity contribution in [3.05, 3.63) is 60.7 Å². The first-order valence-electron chi connectivity index (χ1n) is 7.33. The number of alkyl halides is 6. The number of ether oxygens (including phenoxy) is 1. The van der Waals surface area contributed by atoms with Crippen molar-refractivity contribution in [2.24, 2.45) is 0 Å². The minimum atomic E-state index is -4.80. The number of anilines is 2. The predicted octanol–water partition coefficient (Wildman–Crippen LogP) is 4.93. The normalized spacial score (nSPS) is 12.1. The van der Waals surface area contributed by atoms with E-state index in [0.717, 1.165) is 29.1 Å². The molecule has 3 aromatic rings. The highest BCUT2D eigenvalue weighted by molar-refractivity contribution is 5.58. The summed E-state index contributed by atoms with van der Waals surface area (Å²) in [5.41, 5.74) is 0.371. The fraction of sp³-hybridized carbons (Fsp3) is 0.125. The second kappa shape index (κ2) is 6.82. The molecule has 0 unspecified atom stereocenters. The summed E-state index contributed by atoms with van der Waals surface area (Å²) < 4.78 is 79.8. The zero-order valence-corrected chi connectivity index (χ0v) is 13.2. The van der Waals surface area contributed by atoms with Crippen LogP contribution in [-0.2, 0) is 6.18 Å². The van der Waals surface area contributed by atoms with E-state index in [1.165, 1.54) is 30.3 Å². The third-order valence-corrected chi connectivity index (χ3v) is 3.24. The van der Waals surface area contributed by atoms with E-state index in [1.807, 2.05) is 0 Å². The van der Waals surface area contributed by atoms with Crippen LogP contribution in [0.3, 0.4) is 0 Å². The molecule has 3 rings (SSSR count). The van der Waals surface area contributed by atoms with Crippen LogP contribution >= 0.6 is 0 Å². The molecule has 0 saturated heterocycles. The standard InChI is InChI=1S/C16H10F6N4O/c17-15(18,19)14-23-8-9-26(14)13-3-1-2-12(25-13)24-10-4-6-11(7-5-10)27-16(20,21)22/h1-9H,(H,24,25). The Kier molecular flexibility index (Phi) is 4.68. The lowest BCUT2D eigenvalue weighted by molar-refractivity contribution is -0.274. The molecule has 1 aromatic carbocycles. The maximum atomic E-state index is 13.0. The molecular formula is C16H10F6N4O. The molecule has 27 heavy (non-hydrogen) atoms. The molecule has 0 aliphatic carbocycles. The molecule has 0 radical (unpaired) electrons. The van der Waals surface area contributed by atoms with Crippen LogP contribution in [0.5, 0.6) is 5.75 Å². The zero-order valence-electron chi connectivity index (χ0n) is 13.2. The SMILES string of the molecule is FC(F)(F)Oc1ccc(Nc2cccc(-n3ccnc3C(F)(F)F)n2)cc1. The van der Waals surface area contributed by atoms with Crippen molar-refractivity contribution in [3.8, 4) is 11.6 Å². The number of nitrogens with one attached hydrogen (secondary N) is 1. The van der Waals surface area contributed by atoms with Crippen LogP contribution in [0, 0.1) is 0 Å². The minimum Gasteiger partial charge on any atom is -0.406 e. The van der Waals surface area contributed by atoms with Gasteiger partial charge in [0.1, 0.15) is 17.4 Å². The molecule has 11 heteroatoms. The second-order valence-corrected chi connectivity index (χ2v) is 5.20. The first kappa shape index (κ1) is 18.5. The van der Waals surface area contributed by atoms with Crippen molar-refractivity contribution < 1.29 is 31.1 Å². The van der Waals surface area contributed by atoms with E-state index in [-0.39, 0.29) is 11.6 Å². The Labute approximate surface area is 148 Å². The fourth-order valence-corrected chi connectivity index (χ4v) is 2.21. The Morgan fingerprint density at radius 1 is 0.926 bits per heavy atom. The number of pyridine rings is 1. The molecule has 0 spiro atoms. The van der Waals surface area contributed by atoms with Gasteiger partial charge in [0.15, 0.2) is 0 Å². The fourth-order valence-electron chi connectivity index (χ4n) is 2.21. The van der Waals surface area contributed by atoms with Crippen molar-refractivity contribution in [3.63, 3.8) is 0 Å². The predicted molar refractivity (Wildman–Crippen MR) is 82.8 cm³/mol. The summed E-state index contributed by atoms with van der Waals surface area (Å²) in [5, 5.41) is 2.79. The van der Waals surface area contributed by atoms with Gasteiger partial charge in [0, 0.05) is 18.1 Å². The summed E-state index contributed by atoms with van der Waals surface area (Å²) in [7, 11) is 0. The number of hydrogen-bond donors (Lipinski definition) is 1. The quantitative estimate of drug-likeness (QED) is 0.644. The van der Waals surface area contributed by atoms with Gasteiger partial charge in [-0.05, 0) is 36.4 Å². The molecule has 0 atom stereocenters. The molecule has 142 valence electrons. The van der Waals surface area contributed by atoms with E-state index in [1.54, 1.807) is 0 Å². The Morgan fingerprint density at radius 3 is 2.26 bits per heavy atom. The molecule has 0 aliphatic rings. The van der Waals surface area contributed by atoms with E-state index < -0.39 is 24.1 Å². The van der Waals surface area contributed by atoms with Crippen LogP contribution < -0.4 is 10.1 Å². The lowest BCUT2D eigenvalue weighted by Gasteiger charge is -2.12. The molecule has 0 bridgehead atoms. The van der Waals surface area contributed by atoms with Gasteiger partial charge >= 0.3 is 12.5 Å². The molecule has 2 heterocycles. The van der Waals surface area contributed by atoms with Gasteiger partial charge in [-0.2, -0.15) is 13.2 Å². The number of nitrogens with zero attached hydrogens (tertiary/aromatic N) is 3. The van der Waals surface area contributed by atoms with Gasteiger partial charge in [-0.15, -0.1) is 13.2 Å². The monoisotopic (exact) mass is 388 g/mol. The molecule has 2 aromatic heterocycles. The Morgan fingerprint density at radius 2 is 1.63 bits per heavy atom. The maximum Gasteiger partial charge on any atom is 0.573 e. The molecule has 1 N–H and O–H groups in total. The Hall–Kier alpha value is -3.24. The lowest BCUT2D eigenvalue weighted by Crippen LogP contribution is -2.17. The number of benzene rings is 1.